The fourth-order valence-electron chi connectivity index (χ4n) is 2.95. The molecule has 1 N–H and O–H groups in total. The van der Waals surface area contributed by atoms with E-state index in [-0.39, 0.29) is 17.0 Å². The van der Waals surface area contributed by atoms with Gasteiger partial charge in [-0.05, 0) is 42.8 Å². The molecule has 7 nitrogen and oxygen atoms in total. The van der Waals surface area contributed by atoms with Gasteiger partial charge in [-0.3, -0.25) is 14.3 Å². The van der Waals surface area contributed by atoms with Crippen LogP contribution in [0.5, 0.6) is 5.75 Å². The van der Waals surface area contributed by atoms with E-state index in [1.165, 1.54) is 35.0 Å². The van der Waals surface area contributed by atoms with Gasteiger partial charge in [0.25, 0.3) is 11.5 Å². The lowest BCUT2D eigenvalue weighted by Crippen LogP contribution is -2.23. The van der Waals surface area contributed by atoms with E-state index < -0.39 is 18.1 Å². The number of anilines is 1. The van der Waals surface area contributed by atoms with Crippen molar-refractivity contribution in [3.63, 3.8) is 0 Å². The quantitative estimate of drug-likeness (QED) is 0.483. The van der Waals surface area contributed by atoms with Gasteiger partial charge in [-0.1, -0.05) is 30.3 Å². The highest BCUT2D eigenvalue weighted by molar-refractivity contribution is 6.09. The molecule has 158 valence electrons. The summed E-state index contributed by atoms with van der Waals surface area (Å²) >= 11 is 0. The Kier molecular flexibility index (Phi) is 6.31. The number of hydrogen-bond acceptors (Lipinski definition) is 4. The van der Waals surface area contributed by atoms with Gasteiger partial charge in [0.1, 0.15) is 23.1 Å². The van der Waals surface area contributed by atoms with Crippen molar-refractivity contribution in [3.05, 3.63) is 81.8 Å². The molecule has 1 amide bonds. The summed E-state index contributed by atoms with van der Waals surface area (Å²) in [5.74, 6) is -0.807. The van der Waals surface area contributed by atoms with E-state index in [9.17, 15) is 23.6 Å². The van der Waals surface area contributed by atoms with Crippen molar-refractivity contribution in [2.24, 2.45) is 7.05 Å². The summed E-state index contributed by atoms with van der Waals surface area (Å²) in [5.41, 5.74) is 0.925. The third-order valence-electron chi connectivity index (χ3n) is 4.57. The average molecular weight is 424 g/mol. The highest BCUT2D eigenvalue weighted by Crippen LogP contribution is 2.18. The standard InChI is InChI=1S/C22H18F2N4O3/c1-14-19(21(30)28(27(14)2)17-6-4-3-5-7-17)26-20(29)16(13-25)12-15-8-10-18(11-9-15)31-22(23)24/h3-12,22H,1-2H3,(H,26,29). The van der Waals surface area contributed by atoms with Crippen molar-refractivity contribution in [2.75, 3.05) is 5.32 Å². The van der Waals surface area contributed by atoms with Crippen molar-refractivity contribution >= 4 is 17.7 Å². The van der Waals surface area contributed by atoms with E-state index in [2.05, 4.69) is 10.1 Å². The number of carbonyl (C=O) groups excluding carboxylic acids is 1. The largest absolute Gasteiger partial charge is 0.435 e. The summed E-state index contributed by atoms with van der Waals surface area (Å²) in [6.07, 6.45) is 1.29. The molecule has 0 radical (unpaired) electrons. The molecule has 0 bridgehead atoms. The normalized spacial score (nSPS) is 11.3. The Morgan fingerprint density at radius 3 is 2.39 bits per heavy atom. The summed E-state index contributed by atoms with van der Waals surface area (Å²) in [6.45, 7) is -1.27. The lowest BCUT2D eigenvalue weighted by molar-refractivity contribution is -0.112. The summed E-state index contributed by atoms with van der Waals surface area (Å²) in [4.78, 5) is 25.5. The lowest BCUT2D eigenvalue weighted by Gasteiger charge is -2.07. The fraction of sp³-hybridized carbons (Fsp3) is 0.136. The number of benzene rings is 2. The Labute approximate surface area is 176 Å². The molecule has 0 saturated carbocycles. The molecule has 2 aromatic carbocycles. The minimum Gasteiger partial charge on any atom is -0.435 e. The molecule has 3 rings (SSSR count). The molecular weight excluding hydrogens is 406 g/mol. The van der Waals surface area contributed by atoms with Gasteiger partial charge >= 0.3 is 6.61 Å². The molecule has 3 aromatic rings. The van der Waals surface area contributed by atoms with Crippen LogP contribution in [-0.2, 0) is 11.8 Å². The molecular formula is C22H18F2N4O3. The van der Waals surface area contributed by atoms with Gasteiger partial charge < -0.3 is 10.1 Å². The van der Waals surface area contributed by atoms with Crippen LogP contribution >= 0.6 is 0 Å². The van der Waals surface area contributed by atoms with Crippen LogP contribution in [0.4, 0.5) is 14.5 Å². The zero-order chi connectivity index (χ0) is 22.5. The Morgan fingerprint density at radius 2 is 1.81 bits per heavy atom. The molecule has 0 saturated heterocycles. The summed E-state index contributed by atoms with van der Waals surface area (Å²) in [7, 11) is 1.68. The molecule has 0 unspecified atom stereocenters. The number of nitriles is 1. The Balaban J connectivity index is 1.87. The van der Waals surface area contributed by atoms with E-state index in [4.69, 9.17) is 0 Å². The number of aromatic nitrogens is 2. The van der Waals surface area contributed by atoms with Gasteiger partial charge in [0, 0.05) is 7.05 Å². The number of carbonyl (C=O) groups is 1. The highest BCUT2D eigenvalue weighted by atomic mass is 19.3. The molecule has 0 spiro atoms. The second-order valence-electron chi connectivity index (χ2n) is 6.51. The number of para-hydroxylation sites is 1. The maximum absolute atomic E-state index is 12.9. The maximum atomic E-state index is 12.9. The SMILES string of the molecule is Cc1c(NC(=O)C(C#N)=Cc2ccc(OC(F)F)cc2)c(=O)n(-c2ccccc2)n1C. The first kappa shape index (κ1) is 21.5. The van der Waals surface area contributed by atoms with Gasteiger partial charge in [0.15, 0.2) is 0 Å². The number of amides is 1. The molecule has 9 heteroatoms. The monoisotopic (exact) mass is 424 g/mol. The van der Waals surface area contributed by atoms with Crippen LogP contribution in [0, 0.1) is 18.3 Å². The van der Waals surface area contributed by atoms with Crippen LogP contribution in [-0.4, -0.2) is 21.9 Å². The maximum Gasteiger partial charge on any atom is 0.387 e. The number of ether oxygens (including phenoxy) is 1. The van der Waals surface area contributed by atoms with Crippen LogP contribution in [0.15, 0.2) is 65.0 Å². The number of nitrogens with zero attached hydrogens (tertiary/aromatic N) is 3. The molecule has 1 heterocycles. The zero-order valence-corrected chi connectivity index (χ0v) is 16.7. The fourth-order valence-corrected chi connectivity index (χ4v) is 2.95. The molecule has 0 atom stereocenters. The van der Waals surface area contributed by atoms with Crippen LogP contribution in [0.25, 0.3) is 11.8 Å². The van der Waals surface area contributed by atoms with E-state index >= 15 is 0 Å². The number of rotatable bonds is 6. The first-order valence-corrected chi connectivity index (χ1v) is 9.14. The Bertz CT molecular complexity index is 1220. The second kappa shape index (κ2) is 9.09. The predicted molar refractivity (Wildman–Crippen MR) is 111 cm³/mol. The van der Waals surface area contributed by atoms with Gasteiger partial charge in [-0.25, -0.2) is 4.68 Å². The molecule has 0 fully saturated rings. The van der Waals surface area contributed by atoms with Crippen LogP contribution < -0.4 is 15.6 Å². The summed E-state index contributed by atoms with van der Waals surface area (Å²) in [6, 6.07) is 16.2. The Hall–Kier alpha value is -4.19. The Morgan fingerprint density at radius 1 is 1.16 bits per heavy atom. The first-order valence-electron chi connectivity index (χ1n) is 9.14. The highest BCUT2D eigenvalue weighted by Gasteiger charge is 2.20. The number of alkyl halides is 2. The minimum atomic E-state index is -2.95. The lowest BCUT2D eigenvalue weighted by atomic mass is 10.1. The van der Waals surface area contributed by atoms with E-state index in [0.717, 1.165) is 0 Å². The number of hydrogen-bond donors (Lipinski definition) is 1. The third-order valence-corrected chi connectivity index (χ3v) is 4.57. The van der Waals surface area contributed by atoms with E-state index in [1.807, 2.05) is 6.07 Å². The topological polar surface area (TPSA) is 89.1 Å². The zero-order valence-electron chi connectivity index (χ0n) is 16.7. The van der Waals surface area contributed by atoms with Crippen molar-refractivity contribution in [1.82, 2.24) is 9.36 Å². The molecule has 1 aromatic heterocycles. The van der Waals surface area contributed by atoms with Gasteiger partial charge in [-0.2, -0.15) is 14.0 Å². The first-order chi connectivity index (χ1) is 14.8. The summed E-state index contributed by atoms with van der Waals surface area (Å²) < 4.78 is 31.8. The number of nitrogens with one attached hydrogen (secondary N) is 1. The number of halogens is 2. The summed E-state index contributed by atoms with van der Waals surface area (Å²) in [5, 5.41) is 11.9. The van der Waals surface area contributed by atoms with Crippen molar-refractivity contribution in [2.45, 2.75) is 13.5 Å². The van der Waals surface area contributed by atoms with Gasteiger partial charge in [-0.15, -0.1) is 0 Å². The van der Waals surface area contributed by atoms with Crippen LogP contribution in [0.2, 0.25) is 0 Å². The average Bonchev–Trinajstić information content (AvgIpc) is 2.96. The van der Waals surface area contributed by atoms with E-state index in [0.29, 0.717) is 16.9 Å². The molecule has 0 aliphatic carbocycles. The molecule has 0 aliphatic heterocycles. The van der Waals surface area contributed by atoms with Gasteiger partial charge in [0.05, 0.1) is 11.4 Å². The van der Waals surface area contributed by atoms with Crippen LogP contribution in [0.3, 0.4) is 0 Å². The van der Waals surface area contributed by atoms with Crippen molar-refractivity contribution in [1.29, 1.82) is 5.26 Å². The minimum absolute atomic E-state index is 0.0449. The smallest absolute Gasteiger partial charge is 0.387 e. The second-order valence-corrected chi connectivity index (χ2v) is 6.51. The molecule has 0 aliphatic rings. The molecule has 31 heavy (non-hydrogen) atoms. The van der Waals surface area contributed by atoms with E-state index in [1.54, 1.807) is 49.0 Å². The van der Waals surface area contributed by atoms with Crippen LogP contribution in [0.1, 0.15) is 11.3 Å². The van der Waals surface area contributed by atoms with Gasteiger partial charge in [0.2, 0.25) is 0 Å². The predicted octanol–water partition coefficient (Wildman–Crippen LogP) is 3.63. The third kappa shape index (κ3) is 4.70. The van der Waals surface area contributed by atoms with Crippen molar-refractivity contribution < 1.29 is 18.3 Å². The van der Waals surface area contributed by atoms with Crippen molar-refractivity contribution in [3.8, 4) is 17.5 Å².